The van der Waals surface area contributed by atoms with E-state index in [4.69, 9.17) is 14.2 Å². The highest BCUT2D eigenvalue weighted by Crippen LogP contribution is 2.31. The molecule has 1 saturated heterocycles. The largest absolute Gasteiger partial charge is 0.497 e. The number of aliphatic hydroxyl groups excluding tert-OH is 1. The van der Waals surface area contributed by atoms with Gasteiger partial charge >= 0.3 is 0 Å². The number of carbonyl (C=O) groups is 1. The zero-order valence-corrected chi connectivity index (χ0v) is 20.1. The summed E-state index contributed by atoms with van der Waals surface area (Å²) in [4.78, 5) is 16.9. The van der Waals surface area contributed by atoms with Gasteiger partial charge < -0.3 is 24.6 Å². The first-order valence-electron chi connectivity index (χ1n) is 11.9. The maximum atomic E-state index is 12.5. The van der Waals surface area contributed by atoms with Crippen LogP contribution in [0.5, 0.6) is 17.2 Å². The molecule has 0 bridgehead atoms. The Kier molecular flexibility index (Phi) is 8.26. The molecule has 34 heavy (non-hydrogen) atoms. The van der Waals surface area contributed by atoms with Crippen LogP contribution in [-0.4, -0.2) is 87.0 Å². The molecule has 2 aromatic carbocycles. The van der Waals surface area contributed by atoms with Crippen LogP contribution >= 0.6 is 0 Å². The van der Waals surface area contributed by atoms with Gasteiger partial charge in [-0.3, -0.25) is 14.6 Å². The summed E-state index contributed by atoms with van der Waals surface area (Å²) in [6.45, 7) is 4.22. The molecule has 4 rings (SSSR count). The maximum absolute atomic E-state index is 12.5. The number of nitrogens with one attached hydrogen (secondary N) is 1. The van der Waals surface area contributed by atoms with Gasteiger partial charge in [-0.05, 0) is 54.7 Å². The zero-order valence-electron chi connectivity index (χ0n) is 20.1. The van der Waals surface area contributed by atoms with Gasteiger partial charge in [0.1, 0.15) is 18.5 Å². The lowest BCUT2D eigenvalue weighted by Gasteiger charge is -2.35. The Labute approximate surface area is 201 Å². The first kappa shape index (κ1) is 24.3. The fourth-order valence-electron chi connectivity index (χ4n) is 4.62. The molecule has 2 N–H and O–H groups in total. The van der Waals surface area contributed by atoms with E-state index in [-0.39, 0.29) is 12.5 Å². The molecule has 1 amide bonds. The summed E-state index contributed by atoms with van der Waals surface area (Å²) in [5.41, 5.74) is 3.66. The van der Waals surface area contributed by atoms with Crippen LogP contribution in [0.2, 0.25) is 0 Å². The molecule has 1 aliphatic heterocycles. The molecule has 8 heteroatoms. The second kappa shape index (κ2) is 11.6. The smallest absolute Gasteiger partial charge is 0.238 e. The second-order valence-corrected chi connectivity index (χ2v) is 8.94. The number of aryl methyl sites for hydroxylation is 2. The van der Waals surface area contributed by atoms with Gasteiger partial charge in [0, 0.05) is 44.5 Å². The van der Waals surface area contributed by atoms with E-state index in [1.807, 2.05) is 6.07 Å². The normalized spacial score (nSPS) is 17.1. The number of nitrogens with zero attached hydrogens (tertiary/aromatic N) is 2. The third-order valence-electron chi connectivity index (χ3n) is 6.49. The van der Waals surface area contributed by atoms with E-state index in [1.54, 1.807) is 32.4 Å². The molecule has 1 aliphatic carbocycles. The van der Waals surface area contributed by atoms with Crippen LogP contribution in [0.4, 0.5) is 5.69 Å². The highest BCUT2D eigenvalue weighted by Gasteiger charge is 2.22. The van der Waals surface area contributed by atoms with Crippen molar-refractivity contribution in [3.8, 4) is 17.2 Å². The highest BCUT2D eigenvalue weighted by atomic mass is 16.5. The molecule has 0 aromatic heterocycles. The lowest BCUT2D eigenvalue weighted by atomic mass is 10.1. The molecule has 1 heterocycles. The van der Waals surface area contributed by atoms with Gasteiger partial charge in [0.2, 0.25) is 5.91 Å². The number of benzene rings is 2. The summed E-state index contributed by atoms with van der Waals surface area (Å²) in [6, 6.07) is 11.6. The Hall–Kier alpha value is -2.81. The average molecular weight is 470 g/mol. The fraction of sp³-hybridized carbons (Fsp3) is 0.500. The second-order valence-electron chi connectivity index (χ2n) is 8.94. The van der Waals surface area contributed by atoms with Crippen LogP contribution in [0, 0.1) is 0 Å². The van der Waals surface area contributed by atoms with Crippen molar-refractivity contribution in [2.75, 3.05) is 65.4 Å². The van der Waals surface area contributed by atoms with Gasteiger partial charge in [-0.1, -0.05) is 6.07 Å². The molecule has 0 spiro atoms. The van der Waals surface area contributed by atoms with E-state index in [1.165, 1.54) is 17.5 Å². The number of ether oxygens (including phenoxy) is 3. The van der Waals surface area contributed by atoms with Gasteiger partial charge in [0.15, 0.2) is 11.5 Å². The van der Waals surface area contributed by atoms with Crippen molar-refractivity contribution in [2.24, 2.45) is 0 Å². The van der Waals surface area contributed by atoms with Gasteiger partial charge in [-0.15, -0.1) is 0 Å². The highest BCUT2D eigenvalue weighted by molar-refractivity contribution is 5.92. The van der Waals surface area contributed by atoms with Gasteiger partial charge in [-0.25, -0.2) is 0 Å². The summed E-state index contributed by atoms with van der Waals surface area (Å²) in [5.74, 6) is 1.83. The standard InChI is InChI=1S/C26H35N3O5/c1-32-23-8-9-24(33-2)25(15-23)34-18-22(30)16-28-10-12-29(13-11-28)17-26(31)27-21-7-6-19-4-3-5-20(19)14-21/h6-9,14-15,22,30H,3-5,10-13,16-18H2,1-2H3,(H,27,31). The van der Waals surface area contributed by atoms with Gasteiger partial charge in [0.05, 0.1) is 20.8 Å². The summed E-state index contributed by atoms with van der Waals surface area (Å²) in [7, 11) is 3.17. The molecule has 1 unspecified atom stereocenters. The molecule has 1 fully saturated rings. The summed E-state index contributed by atoms with van der Waals surface area (Å²) in [5, 5.41) is 13.5. The molecular weight excluding hydrogens is 434 g/mol. The number of amides is 1. The van der Waals surface area contributed by atoms with Crippen LogP contribution in [0.1, 0.15) is 17.5 Å². The molecular formula is C26H35N3O5. The van der Waals surface area contributed by atoms with Crippen molar-refractivity contribution in [2.45, 2.75) is 25.4 Å². The number of methoxy groups -OCH3 is 2. The molecule has 1 atom stereocenters. The average Bonchev–Trinajstić information content (AvgIpc) is 3.31. The maximum Gasteiger partial charge on any atom is 0.238 e. The minimum absolute atomic E-state index is 0.0204. The number of aliphatic hydroxyl groups is 1. The monoisotopic (exact) mass is 469 g/mol. The first-order valence-corrected chi connectivity index (χ1v) is 11.9. The number of fused-ring (bicyclic) bond motifs is 1. The van der Waals surface area contributed by atoms with Crippen LogP contribution in [0.3, 0.4) is 0 Å². The Morgan fingerprint density at radius 1 is 0.971 bits per heavy atom. The fourth-order valence-corrected chi connectivity index (χ4v) is 4.62. The number of piperazine rings is 1. The van der Waals surface area contributed by atoms with Crippen LogP contribution in [-0.2, 0) is 17.6 Å². The van der Waals surface area contributed by atoms with Crippen molar-refractivity contribution < 1.29 is 24.1 Å². The van der Waals surface area contributed by atoms with E-state index < -0.39 is 6.10 Å². The molecule has 2 aliphatic rings. The Balaban J connectivity index is 1.17. The third kappa shape index (κ3) is 6.40. The minimum atomic E-state index is -0.634. The summed E-state index contributed by atoms with van der Waals surface area (Å²) in [6.07, 6.45) is 2.81. The van der Waals surface area contributed by atoms with E-state index >= 15 is 0 Å². The number of rotatable bonds is 10. The Bertz CT molecular complexity index is 975. The van der Waals surface area contributed by atoms with Crippen LogP contribution in [0.15, 0.2) is 36.4 Å². The Morgan fingerprint density at radius 3 is 2.50 bits per heavy atom. The number of hydrogen-bond acceptors (Lipinski definition) is 7. The number of hydrogen-bond donors (Lipinski definition) is 2. The molecule has 8 nitrogen and oxygen atoms in total. The lowest BCUT2D eigenvalue weighted by molar-refractivity contribution is -0.117. The zero-order chi connectivity index (χ0) is 23.9. The topological polar surface area (TPSA) is 83.5 Å². The summed E-state index contributed by atoms with van der Waals surface area (Å²) < 4.78 is 16.3. The van der Waals surface area contributed by atoms with E-state index in [2.05, 4.69) is 27.2 Å². The molecule has 2 aromatic rings. The van der Waals surface area contributed by atoms with E-state index in [0.717, 1.165) is 44.7 Å². The predicted octanol–water partition coefficient (Wildman–Crippen LogP) is 2.19. The van der Waals surface area contributed by atoms with Crippen LogP contribution in [0.25, 0.3) is 0 Å². The van der Waals surface area contributed by atoms with Gasteiger partial charge in [0.25, 0.3) is 0 Å². The predicted molar refractivity (Wildman–Crippen MR) is 131 cm³/mol. The molecule has 0 radical (unpaired) electrons. The van der Waals surface area contributed by atoms with E-state index in [0.29, 0.717) is 30.3 Å². The molecule has 0 saturated carbocycles. The quantitative estimate of drug-likeness (QED) is 0.552. The van der Waals surface area contributed by atoms with Gasteiger partial charge in [-0.2, -0.15) is 0 Å². The van der Waals surface area contributed by atoms with Crippen molar-refractivity contribution in [3.63, 3.8) is 0 Å². The van der Waals surface area contributed by atoms with Crippen molar-refractivity contribution >= 4 is 11.6 Å². The third-order valence-corrected chi connectivity index (χ3v) is 6.49. The van der Waals surface area contributed by atoms with Crippen LogP contribution < -0.4 is 19.5 Å². The Morgan fingerprint density at radius 2 is 1.74 bits per heavy atom. The van der Waals surface area contributed by atoms with Crippen molar-refractivity contribution in [1.82, 2.24) is 9.80 Å². The lowest BCUT2D eigenvalue weighted by Crippen LogP contribution is -2.50. The number of carbonyl (C=O) groups excluding carboxylic acids is 1. The number of β-amino-alcohol motifs (C(OH)–C–C–N with tert-alkyl or cyclic N) is 1. The molecule has 184 valence electrons. The SMILES string of the molecule is COc1ccc(OC)c(OCC(O)CN2CCN(CC(=O)Nc3ccc4c(c3)CCC4)CC2)c1. The van der Waals surface area contributed by atoms with Crippen molar-refractivity contribution in [3.05, 3.63) is 47.5 Å². The first-order chi connectivity index (χ1) is 16.5. The number of anilines is 1. The summed E-state index contributed by atoms with van der Waals surface area (Å²) >= 11 is 0. The minimum Gasteiger partial charge on any atom is -0.497 e. The van der Waals surface area contributed by atoms with Crippen molar-refractivity contribution in [1.29, 1.82) is 0 Å². The van der Waals surface area contributed by atoms with E-state index in [9.17, 15) is 9.90 Å².